The van der Waals surface area contributed by atoms with Crippen LogP contribution in [-0.2, 0) is 11.4 Å². The number of pyridine rings is 1. The van der Waals surface area contributed by atoms with E-state index in [1.807, 2.05) is 35.9 Å². The molecule has 7 nitrogen and oxygen atoms in total. The van der Waals surface area contributed by atoms with E-state index >= 15 is 0 Å². The molecule has 1 atom stereocenters. The van der Waals surface area contributed by atoms with Crippen molar-refractivity contribution in [3.05, 3.63) is 65.6 Å². The Labute approximate surface area is 162 Å². The Kier molecular flexibility index (Phi) is 4.73. The minimum absolute atomic E-state index is 0.278. The molecule has 0 spiro atoms. The van der Waals surface area contributed by atoms with Crippen LogP contribution in [0.3, 0.4) is 0 Å². The highest BCUT2D eigenvalue weighted by Crippen LogP contribution is 2.23. The summed E-state index contributed by atoms with van der Waals surface area (Å²) in [7, 11) is 0. The minimum atomic E-state index is -0.958. The molecule has 0 aliphatic carbocycles. The molecule has 1 amide bonds. The number of imidazole rings is 1. The highest BCUT2D eigenvalue weighted by molar-refractivity contribution is 5.97. The van der Waals surface area contributed by atoms with Crippen molar-refractivity contribution in [1.29, 1.82) is 0 Å². The zero-order valence-corrected chi connectivity index (χ0v) is 15.5. The maximum atomic E-state index is 12.7. The van der Waals surface area contributed by atoms with Crippen molar-refractivity contribution in [1.82, 2.24) is 14.3 Å². The molecule has 1 saturated heterocycles. The number of likely N-dealkylation sites (tertiary alicyclic amines) is 1. The number of hydrogen-bond acceptors (Lipinski definition) is 4. The van der Waals surface area contributed by atoms with E-state index in [2.05, 4.69) is 4.98 Å². The topological polar surface area (TPSA) is 84.1 Å². The monoisotopic (exact) mass is 379 g/mol. The van der Waals surface area contributed by atoms with Crippen LogP contribution in [0.25, 0.3) is 5.65 Å². The average molecular weight is 379 g/mol. The predicted molar refractivity (Wildman–Crippen MR) is 102 cm³/mol. The summed E-state index contributed by atoms with van der Waals surface area (Å²) in [4.78, 5) is 30.0. The third kappa shape index (κ3) is 3.55. The van der Waals surface area contributed by atoms with Crippen molar-refractivity contribution in [3.8, 4) is 5.75 Å². The first kappa shape index (κ1) is 18.0. The third-order valence-corrected chi connectivity index (χ3v) is 4.92. The number of carbonyl (C=O) groups is 2. The summed E-state index contributed by atoms with van der Waals surface area (Å²) in [5.41, 5.74) is 3.20. The fourth-order valence-corrected chi connectivity index (χ4v) is 3.53. The van der Waals surface area contributed by atoms with Crippen molar-refractivity contribution < 1.29 is 19.4 Å². The second kappa shape index (κ2) is 7.34. The molecule has 1 aliphatic rings. The molecule has 0 unspecified atom stereocenters. The lowest BCUT2D eigenvalue weighted by Crippen LogP contribution is -2.40. The van der Waals surface area contributed by atoms with Gasteiger partial charge in [0.05, 0.1) is 5.69 Å². The molecular formula is C21H21N3O4. The Hall–Kier alpha value is -3.35. The molecule has 7 heteroatoms. The van der Waals surface area contributed by atoms with Gasteiger partial charge in [-0.05, 0) is 49.6 Å². The summed E-state index contributed by atoms with van der Waals surface area (Å²) in [6.07, 6.45) is 5.11. The van der Waals surface area contributed by atoms with Gasteiger partial charge in [0.1, 0.15) is 24.0 Å². The largest absolute Gasteiger partial charge is 0.487 e. The Bertz CT molecular complexity index is 1040. The zero-order chi connectivity index (χ0) is 19.7. The molecule has 1 N–H and O–H groups in total. The van der Waals surface area contributed by atoms with E-state index in [0.717, 1.165) is 16.9 Å². The Balaban J connectivity index is 1.47. The smallest absolute Gasteiger partial charge is 0.326 e. The highest BCUT2D eigenvalue weighted by Gasteiger charge is 2.34. The van der Waals surface area contributed by atoms with E-state index in [1.165, 1.54) is 4.90 Å². The second-order valence-electron chi connectivity index (χ2n) is 7.02. The molecule has 2 aromatic heterocycles. The zero-order valence-electron chi connectivity index (χ0n) is 15.5. The Morgan fingerprint density at radius 3 is 2.93 bits per heavy atom. The SMILES string of the molecule is Cc1ccc2nc(COc3cccc(C(=O)N4CCC[C@H]4C(=O)O)c3)cn2c1. The first-order valence-corrected chi connectivity index (χ1v) is 9.22. The predicted octanol–water partition coefficient (Wildman–Crippen LogP) is 2.91. The van der Waals surface area contributed by atoms with Gasteiger partial charge in [0.2, 0.25) is 0 Å². The fourth-order valence-electron chi connectivity index (χ4n) is 3.53. The van der Waals surface area contributed by atoms with Crippen LogP contribution >= 0.6 is 0 Å². The van der Waals surface area contributed by atoms with Gasteiger partial charge >= 0.3 is 5.97 Å². The van der Waals surface area contributed by atoms with E-state index < -0.39 is 12.0 Å². The number of carboxylic acid groups (broad SMARTS) is 1. The molecule has 4 rings (SSSR count). The normalized spacial score (nSPS) is 16.5. The lowest BCUT2D eigenvalue weighted by Gasteiger charge is -2.21. The van der Waals surface area contributed by atoms with Crippen LogP contribution in [0.15, 0.2) is 48.8 Å². The van der Waals surface area contributed by atoms with E-state index in [0.29, 0.717) is 30.7 Å². The number of fused-ring (bicyclic) bond motifs is 1. The first-order chi connectivity index (χ1) is 13.5. The van der Waals surface area contributed by atoms with E-state index in [4.69, 9.17) is 4.74 Å². The maximum absolute atomic E-state index is 12.7. The standard InChI is InChI=1S/C21H21N3O4/c1-14-7-8-19-22-16(12-23(19)11-14)13-28-17-5-2-4-15(10-17)20(25)24-9-3-6-18(24)21(26)27/h2,4-5,7-8,10-12,18H,3,6,9,13H2,1H3,(H,26,27)/t18-/m0/s1. The lowest BCUT2D eigenvalue weighted by molar-refractivity contribution is -0.141. The van der Waals surface area contributed by atoms with Gasteiger partial charge in [0, 0.05) is 24.5 Å². The molecule has 1 aliphatic heterocycles. The number of ether oxygens (including phenoxy) is 1. The molecule has 3 aromatic rings. The minimum Gasteiger partial charge on any atom is -0.487 e. The number of aromatic nitrogens is 2. The average Bonchev–Trinajstić information content (AvgIpc) is 3.32. The molecule has 144 valence electrons. The number of rotatable bonds is 5. The van der Waals surface area contributed by atoms with Gasteiger partial charge in [0.15, 0.2) is 0 Å². The van der Waals surface area contributed by atoms with E-state index in [1.54, 1.807) is 24.3 Å². The molecule has 0 saturated carbocycles. The summed E-state index contributed by atoms with van der Waals surface area (Å²) < 4.78 is 7.77. The number of benzene rings is 1. The number of hydrogen-bond donors (Lipinski definition) is 1. The van der Waals surface area contributed by atoms with Crippen LogP contribution in [0.5, 0.6) is 5.75 Å². The van der Waals surface area contributed by atoms with Gasteiger partial charge in [-0.2, -0.15) is 0 Å². The molecular weight excluding hydrogens is 358 g/mol. The van der Waals surface area contributed by atoms with Gasteiger partial charge < -0.3 is 19.1 Å². The summed E-state index contributed by atoms with van der Waals surface area (Å²) in [6.45, 7) is 2.76. The number of aliphatic carboxylic acids is 1. The molecule has 1 fully saturated rings. The number of nitrogens with zero attached hydrogens (tertiary/aromatic N) is 3. The van der Waals surface area contributed by atoms with Crippen LogP contribution in [0, 0.1) is 6.92 Å². The molecule has 1 aromatic carbocycles. The van der Waals surface area contributed by atoms with Gasteiger partial charge in [0.25, 0.3) is 5.91 Å². The van der Waals surface area contributed by atoms with Crippen LogP contribution in [0.4, 0.5) is 0 Å². The highest BCUT2D eigenvalue weighted by atomic mass is 16.5. The van der Waals surface area contributed by atoms with E-state index in [-0.39, 0.29) is 12.5 Å². The number of carboxylic acids is 1. The summed E-state index contributed by atoms with van der Waals surface area (Å²) >= 11 is 0. The van der Waals surface area contributed by atoms with Gasteiger partial charge in [-0.3, -0.25) is 4.79 Å². The van der Waals surface area contributed by atoms with Crippen molar-refractivity contribution >= 4 is 17.5 Å². The molecule has 0 bridgehead atoms. The van der Waals surface area contributed by atoms with Gasteiger partial charge in [-0.15, -0.1) is 0 Å². The Morgan fingerprint density at radius 2 is 2.11 bits per heavy atom. The molecule has 0 radical (unpaired) electrons. The first-order valence-electron chi connectivity index (χ1n) is 9.22. The number of aryl methyl sites for hydroxylation is 1. The van der Waals surface area contributed by atoms with Gasteiger partial charge in [-0.25, -0.2) is 9.78 Å². The molecule has 28 heavy (non-hydrogen) atoms. The lowest BCUT2D eigenvalue weighted by atomic mass is 10.1. The summed E-state index contributed by atoms with van der Waals surface area (Å²) in [5.74, 6) is -0.691. The third-order valence-electron chi connectivity index (χ3n) is 4.92. The Morgan fingerprint density at radius 1 is 1.25 bits per heavy atom. The van der Waals surface area contributed by atoms with Crippen LogP contribution in [-0.4, -0.2) is 43.9 Å². The van der Waals surface area contributed by atoms with Crippen LogP contribution in [0.1, 0.15) is 34.5 Å². The van der Waals surface area contributed by atoms with Crippen LogP contribution in [0.2, 0.25) is 0 Å². The molecule has 3 heterocycles. The van der Waals surface area contributed by atoms with Crippen LogP contribution < -0.4 is 4.74 Å². The summed E-state index contributed by atoms with van der Waals surface area (Å²) in [6, 6.07) is 10.0. The van der Waals surface area contributed by atoms with Crippen molar-refractivity contribution in [3.63, 3.8) is 0 Å². The van der Waals surface area contributed by atoms with E-state index in [9.17, 15) is 14.7 Å². The second-order valence-corrected chi connectivity index (χ2v) is 7.02. The van der Waals surface area contributed by atoms with Crippen molar-refractivity contribution in [2.45, 2.75) is 32.4 Å². The fraction of sp³-hybridized carbons (Fsp3) is 0.286. The van der Waals surface area contributed by atoms with Crippen molar-refractivity contribution in [2.24, 2.45) is 0 Å². The quantitative estimate of drug-likeness (QED) is 0.737. The summed E-state index contributed by atoms with van der Waals surface area (Å²) in [5, 5.41) is 9.29. The van der Waals surface area contributed by atoms with Gasteiger partial charge in [-0.1, -0.05) is 12.1 Å². The number of carbonyl (C=O) groups excluding carboxylic acids is 1. The van der Waals surface area contributed by atoms with Crippen molar-refractivity contribution in [2.75, 3.05) is 6.54 Å². The number of amides is 1. The maximum Gasteiger partial charge on any atom is 0.326 e.